The van der Waals surface area contributed by atoms with Gasteiger partial charge in [-0.05, 0) is 61.0 Å². The number of carbonyl (C=O) groups is 6. The number of Topliss-reactive ketones (excluding diaryl/α,β-unsaturated/α-hetero) is 3. The third kappa shape index (κ3) is 26.6. The number of carbonyl (C=O) groups excluding carboxylic acids is 6. The van der Waals surface area contributed by atoms with Crippen LogP contribution in [0.25, 0.3) is 20.4 Å². The smallest absolute Gasteiger partial charge is 0.322 e. The maximum atomic E-state index is 13.3. The van der Waals surface area contributed by atoms with Gasteiger partial charge < -0.3 is 77.5 Å². The first-order valence-corrected chi connectivity index (χ1v) is 37.9. The van der Waals surface area contributed by atoms with Crippen molar-refractivity contribution in [1.29, 1.82) is 0 Å². The molecule has 5 radical (unpaired) electrons. The number of ether oxygens (including phenoxy) is 2. The number of fused-ring (bicyclic) bond motifs is 5. The van der Waals surface area contributed by atoms with E-state index < -0.39 is 5.97 Å². The molecule has 0 unspecified atom stereocenters. The van der Waals surface area contributed by atoms with Crippen molar-refractivity contribution in [3.05, 3.63) is 206 Å². The van der Waals surface area contributed by atoms with Crippen LogP contribution in [0.1, 0.15) is 120 Å². The van der Waals surface area contributed by atoms with E-state index in [0.717, 1.165) is 92.5 Å². The number of hydrogen-bond donors (Lipinski definition) is 4. The van der Waals surface area contributed by atoms with E-state index in [9.17, 15) is 38.4 Å². The number of hydrogen-bond acceptors (Lipinski definition) is 25. The summed E-state index contributed by atoms with van der Waals surface area (Å²) in [6.07, 6.45) is 5.57. The van der Waals surface area contributed by atoms with Crippen molar-refractivity contribution in [2.75, 3.05) is 61.9 Å². The molecule has 34 heteroatoms. The third-order valence-corrected chi connectivity index (χ3v) is 23.2. The van der Waals surface area contributed by atoms with Gasteiger partial charge in [-0.1, -0.05) is 60.5 Å². The van der Waals surface area contributed by atoms with E-state index in [1.165, 1.54) is 127 Å². The molecule has 0 saturated heterocycles. The van der Waals surface area contributed by atoms with E-state index in [-0.39, 0.29) is 210 Å². The van der Waals surface area contributed by atoms with Crippen LogP contribution in [0.5, 0.6) is 0 Å². The summed E-state index contributed by atoms with van der Waals surface area (Å²) >= 11 is 17.7. The molecule has 539 valence electrons. The number of nitrogens with one attached hydrogen (secondary N) is 3. The van der Waals surface area contributed by atoms with Crippen LogP contribution in [0, 0.1) is 69.2 Å². The fraction of sp³-hybridized carbons (Fsp3) is 0.279. The number of allylic oxidation sites excluding steroid dienone is 1. The van der Waals surface area contributed by atoms with Crippen molar-refractivity contribution < 1.29 is 202 Å². The van der Waals surface area contributed by atoms with Crippen LogP contribution >= 0.6 is 116 Å². The Hall–Kier alpha value is -1.12. The molecule has 0 bridgehead atoms. The number of esters is 2. The normalized spacial score (nSPS) is 11.4. The predicted molar refractivity (Wildman–Crippen MR) is 413 cm³/mol. The SMILES string of the molecule is C=C(C)Cn1c(SCC(=O)c2cccs2)nc2sc3c(c2c1=O)CCNC3.C=C1Nc2sc([CH2-])c(C[CH2-])c2C(=O)N1C.[CH2-]CC(=O)C[CH2-].[CH2-]Cc1c([CH2-])sc(N)c1C(=O)OC.[CH2-]Cc1c([CH2-])sc(NC(=S)SC)c1C(=O)OC.[CH2-]Cc1c([CH2-])sc2nc(SCC(C)=O)n(C)c(=O)c12.[Y].[Y].[Y].[Y].[Y]. The van der Waals surface area contributed by atoms with Gasteiger partial charge in [0.1, 0.15) is 25.6 Å². The Bertz CT molecular complexity index is 4360. The number of thioether (sulfide) groups is 3. The van der Waals surface area contributed by atoms with Crippen LogP contribution in [0.3, 0.4) is 0 Å². The van der Waals surface area contributed by atoms with Gasteiger partial charge in [-0.15, -0.1) is 66.8 Å². The van der Waals surface area contributed by atoms with Crippen molar-refractivity contribution in [3.8, 4) is 0 Å². The predicted octanol–water partition coefficient (Wildman–Crippen LogP) is 14.0. The molecule has 0 fully saturated rings. The molecule has 0 spiro atoms. The molecular weight excluding hydrogens is 1870 g/mol. The summed E-state index contributed by atoms with van der Waals surface area (Å²) in [7, 11) is 6.06. The Morgan fingerprint density at radius 3 is 1.80 bits per heavy atom. The zero-order chi connectivity index (χ0) is 72.3. The number of rotatable bonds is 18. The number of nitrogens with two attached hydrogens (primary N) is 1. The maximum Gasteiger partial charge on any atom is 0.322 e. The van der Waals surface area contributed by atoms with Gasteiger partial charge in [0.05, 0.1) is 56.8 Å². The second-order valence-electron chi connectivity index (χ2n) is 20.7. The molecule has 10 rings (SSSR count). The zero-order valence-corrected chi connectivity index (χ0v) is 80.4. The summed E-state index contributed by atoms with van der Waals surface area (Å²) in [5.74, 6) is 0.585. The molecule has 1 amide bonds. The van der Waals surface area contributed by atoms with Gasteiger partial charge in [-0.3, -0.25) is 38.0 Å². The summed E-state index contributed by atoms with van der Waals surface area (Å²) in [6.45, 7) is 50.7. The Labute approximate surface area is 766 Å². The topological polar surface area (TPSA) is 256 Å². The number of aromatic nitrogens is 4. The Kier molecular flexibility index (Phi) is 48.7. The molecule has 5 N–H and O–H groups in total. The van der Waals surface area contributed by atoms with Gasteiger partial charge in [0.25, 0.3) is 5.56 Å². The molecule has 0 saturated carbocycles. The fourth-order valence-corrected chi connectivity index (χ4v) is 17.2. The molecule has 10 heterocycles. The van der Waals surface area contributed by atoms with Gasteiger partial charge in [0.2, 0.25) is 11.5 Å². The monoisotopic (exact) mass is 1940 g/mol. The van der Waals surface area contributed by atoms with Gasteiger partial charge in [-0.25, -0.2) is 72.9 Å². The van der Waals surface area contributed by atoms with E-state index in [4.69, 9.17) is 27.7 Å². The number of ketones is 3. The fourth-order valence-electron chi connectivity index (χ4n) is 9.09. The maximum absolute atomic E-state index is 13.3. The summed E-state index contributed by atoms with van der Waals surface area (Å²) in [6, 6.07) is 3.69. The van der Waals surface area contributed by atoms with Gasteiger partial charge in [0, 0.05) is 207 Å². The molecular formula is C68H77N9O10S10Y5-10. The van der Waals surface area contributed by atoms with Crippen LogP contribution in [0.2, 0.25) is 0 Å². The summed E-state index contributed by atoms with van der Waals surface area (Å²) < 4.78 is 13.1. The molecule has 0 atom stereocenters. The molecule has 0 aromatic carbocycles. The first kappa shape index (κ1) is 101. The van der Waals surface area contributed by atoms with Crippen molar-refractivity contribution in [1.82, 2.24) is 29.3 Å². The Balaban J connectivity index is 0.00000124. The average Bonchev–Trinajstić information content (AvgIpc) is 1.59. The van der Waals surface area contributed by atoms with E-state index in [1.807, 2.05) is 30.7 Å². The average molecular weight is 1950 g/mol. The number of methoxy groups -OCH3 is 2. The van der Waals surface area contributed by atoms with Crippen LogP contribution in [0.4, 0.5) is 15.0 Å². The van der Waals surface area contributed by atoms with Crippen LogP contribution in [-0.2, 0) is 235 Å². The van der Waals surface area contributed by atoms with Crippen LogP contribution < -0.4 is 32.8 Å². The Morgan fingerprint density at radius 1 is 0.735 bits per heavy atom. The summed E-state index contributed by atoms with van der Waals surface area (Å²) in [5, 5.41) is 15.8. The summed E-state index contributed by atoms with van der Waals surface area (Å²) in [5.41, 5.74) is 12.6. The van der Waals surface area contributed by atoms with E-state index in [2.05, 4.69) is 108 Å². The van der Waals surface area contributed by atoms with Gasteiger partial charge >= 0.3 is 11.9 Å². The standard InChI is InChI=1S/C19H19N3O2S3.C13H14N2O2S2.C11H12N2OS.C11H13NO2S3.C9H11NO2S.C5H8O.5Y/c1-11(2)9-22-18(24)16-12-5-6-20-8-15(12)27-17(16)21-19(22)26-10-13(23)14-4-3-7-25-14;1-5-9-8(3)19-11-10(9)12(17)15(4)13(14-11)18-6-7(2)16;1-5-8-6(2)15-10-9(8)11(14)13(4)7(3)12-10;1-5-7-6(2)17-9(12-11(15)16-4)8(7)10(13)14-3;1-4-6-5(2)13-8(10)7(6)9(11)12-3;1-3-5(6)4-2;;;;;/h3-4,7,20H,1,5-6,8-10H2,2H3;1,3,5-6H2,2,4H3;12H,1-3,5H2,4H3;1-2,5H2,3-4H3,(H,12,15);1-2,4,10H2,3H3;1-4H2;;;;;/q;5*-2;;;;;. The van der Waals surface area contributed by atoms with E-state index in [0.29, 0.717) is 108 Å². The van der Waals surface area contributed by atoms with Crippen LogP contribution in [0.15, 0.2) is 62.0 Å². The van der Waals surface area contributed by atoms with Gasteiger partial charge in [0.15, 0.2) is 16.1 Å². The Morgan fingerprint density at radius 2 is 1.27 bits per heavy atom. The van der Waals surface area contributed by atoms with Crippen molar-refractivity contribution >= 4 is 190 Å². The quantitative estimate of drug-likeness (QED) is 0.0118. The molecule has 8 aromatic heterocycles. The number of thiocarbonyl (C=S) groups is 1. The van der Waals surface area contributed by atoms with Crippen molar-refractivity contribution in [3.63, 3.8) is 0 Å². The minimum atomic E-state index is -0.415. The molecule has 19 nitrogen and oxygen atoms in total. The van der Waals surface area contributed by atoms with Gasteiger partial charge in [-0.2, -0.15) is 67.6 Å². The minimum Gasteiger partial charge on any atom is -0.466 e. The van der Waals surface area contributed by atoms with E-state index in [1.54, 1.807) is 30.0 Å². The van der Waals surface area contributed by atoms with Crippen molar-refractivity contribution in [2.45, 2.75) is 82.2 Å². The largest absolute Gasteiger partial charge is 0.466 e. The van der Waals surface area contributed by atoms with E-state index >= 15 is 0 Å². The molecule has 0 aliphatic carbocycles. The third-order valence-electron chi connectivity index (χ3n) is 14.1. The minimum absolute atomic E-state index is 0. The second-order valence-corrected chi connectivity index (χ2v) is 30.5. The first-order valence-electron chi connectivity index (χ1n) is 29.3. The number of amides is 1. The molecule has 102 heavy (non-hydrogen) atoms. The number of nitrogen functional groups attached to an aromatic ring is 1. The number of thiophene rings is 6. The number of anilines is 3. The first-order chi connectivity index (χ1) is 46.0. The van der Waals surface area contributed by atoms with Crippen molar-refractivity contribution in [2.24, 2.45) is 7.05 Å². The van der Waals surface area contributed by atoms with Crippen LogP contribution in [-0.4, -0.2) is 109 Å². The zero-order valence-electron chi connectivity index (χ0n) is 58.1. The summed E-state index contributed by atoms with van der Waals surface area (Å²) in [4.78, 5) is 112. The molecule has 2 aliphatic heterocycles. The molecule has 2 aliphatic rings. The number of nitrogens with zero attached hydrogens (tertiary/aromatic N) is 5. The second kappa shape index (κ2) is 49.2. The molecule has 8 aromatic rings.